The average Bonchev–Trinajstić information content (AvgIpc) is 3.47. The quantitative estimate of drug-likeness (QED) is 0.636. The van der Waals surface area contributed by atoms with Gasteiger partial charge in [0, 0.05) is 25.2 Å². The number of hydrogen-bond donors (Lipinski definition) is 2. The van der Waals surface area contributed by atoms with Crippen molar-refractivity contribution in [1.82, 2.24) is 20.4 Å². The minimum Gasteiger partial charge on any atom is -0.350 e. The van der Waals surface area contributed by atoms with Gasteiger partial charge >= 0.3 is 6.03 Å². The van der Waals surface area contributed by atoms with Crippen LogP contribution < -0.4 is 10.6 Å². The molecule has 8 nitrogen and oxygen atoms in total. The van der Waals surface area contributed by atoms with Crippen molar-refractivity contribution in [3.63, 3.8) is 0 Å². The molecule has 4 rings (SSSR count). The molecular formula is C25H28N4O4. The van der Waals surface area contributed by atoms with E-state index < -0.39 is 23.4 Å². The Balaban J connectivity index is 1.34. The molecule has 2 saturated heterocycles. The van der Waals surface area contributed by atoms with Crippen LogP contribution in [-0.4, -0.2) is 53.2 Å². The smallest absolute Gasteiger partial charge is 0.325 e. The average molecular weight is 449 g/mol. The Morgan fingerprint density at radius 3 is 2.30 bits per heavy atom. The van der Waals surface area contributed by atoms with E-state index in [1.54, 1.807) is 36.4 Å². The SMILES string of the molecule is CCC1(c2ccccc2)NC(=O)N(CC(=O)NCc2ccc(C(=O)N3CCCC3)cc2)C1=O. The second-order valence-corrected chi connectivity index (χ2v) is 8.42. The molecule has 2 N–H and O–H groups in total. The number of carbonyl (C=O) groups excluding carboxylic acids is 4. The van der Waals surface area contributed by atoms with Crippen molar-refractivity contribution < 1.29 is 19.2 Å². The highest BCUT2D eigenvalue weighted by molar-refractivity contribution is 6.09. The Morgan fingerprint density at radius 1 is 1.00 bits per heavy atom. The van der Waals surface area contributed by atoms with Crippen LogP contribution in [0.25, 0.3) is 0 Å². The van der Waals surface area contributed by atoms with Crippen LogP contribution in [0.4, 0.5) is 4.79 Å². The summed E-state index contributed by atoms with van der Waals surface area (Å²) in [7, 11) is 0. The largest absolute Gasteiger partial charge is 0.350 e. The van der Waals surface area contributed by atoms with Gasteiger partial charge in [-0.15, -0.1) is 0 Å². The molecule has 172 valence electrons. The third kappa shape index (κ3) is 4.46. The first-order valence-corrected chi connectivity index (χ1v) is 11.3. The van der Waals surface area contributed by atoms with Crippen LogP contribution in [0.5, 0.6) is 0 Å². The molecular weight excluding hydrogens is 420 g/mol. The summed E-state index contributed by atoms with van der Waals surface area (Å²) in [5.74, 6) is -0.837. The third-order valence-corrected chi connectivity index (χ3v) is 6.36. The number of likely N-dealkylation sites (tertiary alicyclic amines) is 1. The van der Waals surface area contributed by atoms with Crippen molar-refractivity contribution in [2.45, 2.75) is 38.3 Å². The van der Waals surface area contributed by atoms with E-state index >= 15 is 0 Å². The summed E-state index contributed by atoms with van der Waals surface area (Å²) in [5, 5.41) is 5.52. The Bertz CT molecular complexity index is 1050. The van der Waals surface area contributed by atoms with Gasteiger partial charge < -0.3 is 15.5 Å². The van der Waals surface area contributed by atoms with E-state index in [4.69, 9.17) is 0 Å². The number of urea groups is 1. The first-order chi connectivity index (χ1) is 15.9. The van der Waals surface area contributed by atoms with Crippen LogP contribution in [0, 0.1) is 0 Å². The summed E-state index contributed by atoms with van der Waals surface area (Å²) < 4.78 is 0. The number of amides is 5. The molecule has 8 heteroatoms. The van der Waals surface area contributed by atoms with Crippen LogP contribution in [0.1, 0.15) is 47.7 Å². The van der Waals surface area contributed by atoms with Gasteiger partial charge in [0.25, 0.3) is 11.8 Å². The Hall–Kier alpha value is -3.68. The van der Waals surface area contributed by atoms with Gasteiger partial charge in [0.15, 0.2) is 0 Å². The van der Waals surface area contributed by atoms with Gasteiger partial charge in [0.05, 0.1) is 0 Å². The molecule has 0 bridgehead atoms. The summed E-state index contributed by atoms with van der Waals surface area (Å²) in [4.78, 5) is 53.4. The van der Waals surface area contributed by atoms with E-state index in [0.717, 1.165) is 36.4 Å². The topological polar surface area (TPSA) is 98.8 Å². The molecule has 2 fully saturated rings. The van der Waals surface area contributed by atoms with Crippen molar-refractivity contribution in [3.05, 3.63) is 71.3 Å². The van der Waals surface area contributed by atoms with Crippen LogP contribution >= 0.6 is 0 Å². The van der Waals surface area contributed by atoms with Crippen molar-refractivity contribution in [1.29, 1.82) is 0 Å². The summed E-state index contributed by atoms with van der Waals surface area (Å²) in [5.41, 5.74) is 0.988. The molecule has 0 aliphatic carbocycles. The van der Waals surface area contributed by atoms with Gasteiger partial charge in [-0.25, -0.2) is 4.79 Å². The summed E-state index contributed by atoms with van der Waals surface area (Å²) in [6.07, 6.45) is 2.46. The molecule has 0 spiro atoms. The highest BCUT2D eigenvalue weighted by Crippen LogP contribution is 2.32. The second kappa shape index (κ2) is 9.44. The molecule has 2 aromatic rings. The van der Waals surface area contributed by atoms with Crippen molar-refractivity contribution in [2.24, 2.45) is 0 Å². The number of nitrogens with one attached hydrogen (secondary N) is 2. The molecule has 1 atom stereocenters. The molecule has 2 aliphatic heterocycles. The molecule has 1 unspecified atom stereocenters. The van der Waals surface area contributed by atoms with Gasteiger partial charge in [-0.1, -0.05) is 49.4 Å². The first kappa shape index (κ1) is 22.5. The highest BCUT2D eigenvalue weighted by Gasteiger charge is 2.51. The standard InChI is InChI=1S/C25H28N4O4/c1-2-25(20-8-4-3-5-9-20)23(32)29(24(33)27-25)17-21(30)26-16-18-10-12-19(13-11-18)22(31)28-14-6-7-15-28/h3-5,8-13H,2,6-7,14-17H2,1H3,(H,26,30)(H,27,33). The number of rotatable bonds is 7. The Morgan fingerprint density at radius 2 is 1.67 bits per heavy atom. The minimum absolute atomic E-state index is 0.0273. The number of hydrogen-bond acceptors (Lipinski definition) is 4. The molecule has 2 aromatic carbocycles. The van der Waals surface area contributed by atoms with E-state index in [1.807, 2.05) is 30.0 Å². The zero-order valence-corrected chi connectivity index (χ0v) is 18.7. The highest BCUT2D eigenvalue weighted by atomic mass is 16.2. The van der Waals surface area contributed by atoms with Gasteiger partial charge in [0.1, 0.15) is 12.1 Å². The zero-order valence-electron chi connectivity index (χ0n) is 18.7. The van der Waals surface area contributed by atoms with Crippen LogP contribution in [0.15, 0.2) is 54.6 Å². The van der Waals surface area contributed by atoms with E-state index in [0.29, 0.717) is 17.5 Å². The maximum absolute atomic E-state index is 13.1. The van der Waals surface area contributed by atoms with Gasteiger partial charge in [-0.3, -0.25) is 19.3 Å². The van der Waals surface area contributed by atoms with Crippen LogP contribution in [0.3, 0.4) is 0 Å². The van der Waals surface area contributed by atoms with E-state index in [9.17, 15) is 19.2 Å². The minimum atomic E-state index is -1.16. The fourth-order valence-electron chi connectivity index (χ4n) is 4.40. The lowest BCUT2D eigenvalue weighted by atomic mass is 9.87. The van der Waals surface area contributed by atoms with Gasteiger partial charge in [-0.05, 0) is 42.5 Å². The van der Waals surface area contributed by atoms with E-state index in [1.165, 1.54) is 0 Å². The van der Waals surface area contributed by atoms with Crippen molar-refractivity contribution in [3.8, 4) is 0 Å². The predicted molar refractivity (Wildman–Crippen MR) is 122 cm³/mol. The van der Waals surface area contributed by atoms with E-state index in [2.05, 4.69) is 10.6 Å². The second-order valence-electron chi connectivity index (χ2n) is 8.42. The van der Waals surface area contributed by atoms with Crippen LogP contribution in [-0.2, 0) is 21.7 Å². The summed E-state index contributed by atoms with van der Waals surface area (Å²) in [6, 6.07) is 15.6. The maximum atomic E-state index is 13.1. The van der Waals surface area contributed by atoms with Gasteiger partial charge in [-0.2, -0.15) is 0 Å². The van der Waals surface area contributed by atoms with E-state index in [-0.39, 0.29) is 19.0 Å². The van der Waals surface area contributed by atoms with Crippen LogP contribution in [0.2, 0.25) is 0 Å². The summed E-state index contributed by atoms with van der Waals surface area (Å²) in [6.45, 7) is 3.29. The lowest BCUT2D eigenvalue weighted by molar-refractivity contribution is -0.135. The van der Waals surface area contributed by atoms with Crippen molar-refractivity contribution in [2.75, 3.05) is 19.6 Å². The van der Waals surface area contributed by atoms with Gasteiger partial charge in [0.2, 0.25) is 5.91 Å². The van der Waals surface area contributed by atoms with Crippen molar-refractivity contribution >= 4 is 23.8 Å². The molecule has 33 heavy (non-hydrogen) atoms. The predicted octanol–water partition coefficient (Wildman–Crippen LogP) is 2.40. The molecule has 2 aliphatic rings. The number of carbonyl (C=O) groups is 4. The Kier molecular flexibility index (Phi) is 6.44. The number of imide groups is 1. The fourth-order valence-corrected chi connectivity index (χ4v) is 4.40. The fraction of sp³-hybridized carbons (Fsp3) is 0.360. The zero-order chi connectivity index (χ0) is 23.4. The lowest BCUT2D eigenvalue weighted by Gasteiger charge is -2.25. The molecule has 0 saturated carbocycles. The summed E-state index contributed by atoms with van der Waals surface area (Å²) >= 11 is 0. The first-order valence-electron chi connectivity index (χ1n) is 11.3. The molecule has 2 heterocycles. The lowest BCUT2D eigenvalue weighted by Crippen LogP contribution is -2.44. The Labute approximate surface area is 192 Å². The third-order valence-electron chi connectivity index (χ3n) is 6.36. The number of nitrogens with zero attached hydrogens (tertiary/aromatic N) is 2. The molecule has 0 aromatic heterocycles. The molecule has 5 amide bonds. The molecule has 0 radical (unpaired) electrons. The maximum Gasteiger partial charge on any atom is 0.325 e. The monoisotopic (exact) mass is 448 g/mol. The number of benzene rings is 2. The normalized spacial score (nSPS) is 20.2.